The van der Waals surface area contributed by atoms with Gasteiger partial charge in [-0.3, -0.25) is 0 Å². The van der Waals surface area contributed by atoms with Gasteiger partial charge in [-0.15, -0.1) is 0 Å². The summed E-state index contributed by atoms with van der Waals surface area (Å²) in [6.07, 6.45) is 0.532. The number of ether oxygens (including phenoxy) is 2. The van der Waals surface area contributed by atoms with Crippen molar-refractivity contribution in [3.63, 3.8) is 0 Å². The lowest BCUT2D eigenvalue weighted by Crippen LogP contribution is -2.48. The van der Waals surface area contributed by atoms with Gasteiger partial charge in [0, 0.05) is 42.1 Å². The fourth-order valence-electron chi connectivity index (χ4n) is 4.09. The summed E-state index contributed by atoms with van der Waals surface area (Å²) >= 11 is 0. The van der Waals surface area contributed by atoms with Crippen molar-refractivity contribution >= 4 is 18.7 Å². The SMILES string of the molecule is CC1(C)COB(c2cccc3c2OC2CN(C(=O)OC(C)(C)C)CCC32)OC1. The Balaban J connectivity index is 1.49. The van der Waals surface area contributed by atoms with E-state index in [0.717, 1.165) is 17.6 Å². The van der Waals surface area contributed by atoms with Gasteiger partial charge in [-0.25, -0.2) is 4.79 Å². The highest BCUT2D eigenvalue weighted by atomic mass is 16.6. The molecule has 4 rings (SSSR count). The normalized spacial score (nSPS) is 26.3. The summed E-state index contributed by atoms with van der Waals surface area (Å²) in [4.78, 5) is 14.2. The Bertz CT molecular complexity index is 750. The number of piperidine rings is 1. The van der Waals surface area contributed by atoms with E-state index in [1.165, 1.54) is 5.56 Å². The van der Waals surface area contributed by atoms with Gasteiger partial charge in [0.25, 0.3) is 0 Å². The van der Waals surface area contributed by atoms with E-state index in [9.17, 15) is 4.79 Å². The van der Waals surface area contributed by atoms with Crippen molar-refractivity contribution < 1.29 is 23.6 Å². The molecule has 0 bridgehead atoms. The number of rotatable bonds is 1. The van der Waals surface area contributed by atoms with Crippen LogP contribution in [0.4, 0.5) is 4.79 Å². The van der Waals surface area contributed by atoms with Gasteiger partial charge >= 0.3 is 13.2 Å². The van der Waals surface area contributed by atoms with E-state index in [1.807, 2.05) is 32.9 Å². The lowest BCUT2D eigenvalue weighted by atomic mass is 9.74. The molecule has 2 fully saturated rings. The Morgan fingerprint density at radius 2 is 1.96 bits per heavy atom. The van der Waals surface area contributed by atoms with Crippen molar-refractivity contribution in [1.29, 1.82) is 0 Å². The molecule has 1 aromatic rings. The second-order valence-corrected chi connectivity index (χ2v) is 9.86. The highest BCUT2D eigenvalue weighted by Crippen LogP contribution is 2.42. The maximum Gasteiger partial charge on any atom is 0.497 e. The van der Waals surface area contributed by atoms with E-state index in [1.54, 1.807) is 4.90 Å². The third-order valence-electron chi connectivity index (χ3n) is 5.46. The second-order valence-electron chi connectivity index (χ2n) is 9.86. The number of amides is 1. The van der Waals surface area contributed by atoms with Crippen LogP contribution in [0.15, 0.2) is 18.2 Å². The number of hydrogen-bond donors (Lipinski definition) is 0. The monoisotopic (exact) mass is 387 g/mol. The lowest BCUT2D eigenvalue weighted by Gasteiger charge is -2.35. The molecule has 1 amide bonds. The van der Waals surface area contributed by atoms with E-state index in [-0.39, 0.29) is 23.5 Å². The second kappa shape index (κ2) is 6.96. The summed E-state index contributed by atoms with van der Waals surface area (Å²) in [6, 6.07) is 6.19. The first-order chi connectivity index (χ1) is 13.1. The van der Waals surface area contributed by atoms with Gasteiger partial charge in [-0.1, -0.05) is 32.0 Å². The maximum absolute atomic E-state index is 12.5. The molecule has 1 aromatic carbocycles. The topological polar surface area (TPSA) is 57.2 Å². The summed E-state index contributed by atoms with van der Waals surface area (Å²) in [5.74, 6) is 1.15. The number of carbonyl (C=O) groups excluding carboxylic acids is 1. The van der Waals surface area contributed by atoms with Crippen LogP contribution < -0.4 is 10.2 Å². The first-order valence-corrected chi connectivity index (χ1v) is 10.1. The molecule has 0 radical (unpaired) electrons. The fourth-order valence-corrected chi connectivity index (χ4v) is 4.09. The summed E-state index contributed by atoms with van der Waals surface area (Å²) in [5.41, 5.74) is 1.68. The molecular weight excluding hydrogens is 357 g/mol. The molecule has 0 aromatic heterocycles. The zero-order valence-corrected chi connectivity index (χ0v) is 17.5. The number of fused-ring (bicyclic) bond motifs is 3. The standard InChI is InChI=1S/C21H30BNO5/c1-20(2,3)28-19(24)23-10-9-14-15-7-6-8-16(18(15)27-17(14)11-23)22-25-12-21(4,5)13-26-22/h6-8,14,17H,9-13H2,1-5H3. The maximum atomic E-state index is 12.5. The molecule has 3 aliphatic rings. The Kier molecular flexibility index (Phi) is 4.87. The molecule has 3 heterocycles. The molecule has 6 nitrogen and oxygen atoms in total. The summed E-state index contributed by atoms with van der Waals surface area (Å²) < 4.78 is 23.9. The Morgan fingerprint density at radius 3 is 2.64 bits per heavy atom. The highest BCUT2D eigenvalue weighted by molar-refractivity contribution is 6.62. The van der Waals surface area contributed by atoms with Crippen molar-refractivity contribution in [2.75, 3.05) is 26.3 Å². The van der Waals surface area contributed by atoms with E-state index in [2.05, 4.69) is 19.9 Å². The Labute approximate surface area is 167 Å². The van der Waals surface area contributed by atoms with Crippen molar-refractivity contribution in [3.05, 3.63) is 23.8 Å². The van der Waals surface area contributed by atoms with Crippen LogP contribution in [0.3, 0.4) is 0 Å². The number of hydrogen-bond acceptors (Lipinski definition) is 5. The molecule has 28 heavy (non-hydrogen) atoms. The van der Waals surface area contributed by atoms with Crippen LogP contribution in [0.5, 0.6) is 5.75 Å². The van der Waals surface area contributed by atoms with Crippen LogP contribution in [0.2, 0.25) is 0 Å². The molecule has 0 saturated carbocycles. The Morgan fingerprint density at radius 1 is 1.25 bits per heavy atom. The number of para-hydroxylation sites is 1. The van der Waals surface area contributed by atoms with Crippen molar-refractivity contribution in [2.24, 2.45) is 5.41 Å². The van der Waals surface area contributed by atoms with Gasteiger partial charge < -0.3 is 23.7 Å². The molecule has 152 valence electrons. The van der Waals surface area contributed by atoms with Crippen LogP contribution >= 0.6 is 0 Å². The number of benzene rings is 1. The predicted molar refractivity (Wildman–Crippen MR) is 107 cm³/mol. The summed E-state index contributed by atoms with van der Waals surface area (Å²) in [5, 5.41) is 0. The summed E-state index contributed by atoms with van der Waals surface area (Å²) in [6.45, 7) is 12.4. The van der Waals surface area contributed by atoms with Crippen molar-refractivity contribution in [2.45, 2.75) is 58.7 Å². The molecule has 0 spiro atoms. The first-order valence-electron chi connectivity index (χ1n) is 10.1. The van der Waals surface area contributed by atoms with Gasteiger partial charge in [0.15, 0.2) is 0 Å². The molecular formula is C21H30BNO5. The number of nitrogens with zero attached hydrogens (tertiary/aromatic N) is 1. The summed E-state index contributed by atoms with van der Waals surface area (Å²) in [7, 11) is -0.398. The quantitative estimate of drug-likeness (QED) is 0.694. The smallest absolute Gasteiger partial charge is 0.488 e. The third kappa shape index (κ3) is 3.87. The predicted octanol–water partition coefficient (Wildman–Crippen LogP) is 2.94. The van der Waals surface area contributed by atoms with E-state index < -0.39 is 12.7 Å². The number of likely N-dealkylation sites (tertiary alicyclic amines) is 1. The third-order valence-corrected chi connectivity index (χ3v) is 5.46. The fraction of sp³-hybridized carbons (Fsp3) is 0.667. The van der Waals surface area contributed by atoms with Gasteiger partial charge in [0.2, 0.25) is 0 Å². The number of carbonyl (C=O) groups is 1. The van der Waals surface area contributed by atoms with Gasteiger partial charge in [0.05, 0.1) is 6.54 Å². The van der Waals surface area contributed by atoms with Crippen LogP contribution in [0.25, 0.3) is 0 Å². The molecule has 2 atom stereocenters. The molecule has 7 heteroatoms. The van der Waals surface area contributed by atoms with Crippen LogP contribution in [0, 0.1) is 5.41 Å². The minimum absolute atomic E-state index is 0.0250. The minimum atomic E-state index is -0.496. The van der Waals surface area contributed by atoms with Gasteiger partial charge in [0.1, 0.15) is 17.5 Å². The van der Waals surface area contributed by atoms with Crippen LogP contribution in [-0.2, 0) is 14.0 Å². The van der Waals surface area contributed by atoms with Crippen LogP contribution in [-0.4, -0.2) is 56.1 Å². The zero-order valence-electron chi connectivity index (χ0n) is 17.5. The van der Waals surface area contributed by atoms with Gasteiger partial charge in [-0.05, 0) is 27.2 Å². The first kappa shape index (κ1) is 19.6. The van der Waals surface area contributed by atoms with Crippen LogP contribution in [0.1, 0.15) is 52.5 Å². The Hall–Kier alpha value is -1.73. The molecule has 3 aliphatic heterocycles. The molecule has 2 saturated heterocycles. The highest BCUT2D eigenvalue weighted by Gasteiger charge is 2.44. The van der Waals surface area contributed by atoms with E-state index in [0.29, 0.717) is 26.3 Å². The van der Waals surface area contributed by atoms with E-state index >= 15 is 0 Å². The van der Waals surface area contributed by atoms with Crippen molar-refractivity contribution in [3.8, 4) is 5.75 Å². The minimum Gasteiger partial charge on any atom is -0.488 e. The largest absolute Gasteiger partial charge is 0.497 e. The lowest BCUT2D eigenvalue weighted by molar-refractivity contribution is 0.00780. The zero-order chi connectivity index (χ0) is 20.1. The van der Waals surface area contributed by atoms with E-state index in [4.69, 9.17) is 18.8 Å². The van der Waals surface area contributed by atoms with Crippen molar-refractivity contribution in [1.82, 2.24) is 4.90 Å². The van der Waals surface area contributed by atoms with Gasteiger partial charge in [-0.2, -0.15) is 0 Å². The average molecular weight is 387 g/mol. The average Bonchev–Trinajstić information content (AvgIpc) is 2.98. The molecule has 0 N–H and O–H groups in total. The molecule has 2 unspecified atom stereocenters. The molecule has 0 aliphatic carbocycles.